The van der Waals surface area contributed by atoms with Crippen LogP contribution in [0.4, 0.5) is 0 Å². The monoisotopic (exact) mass is 178 g/mol. The number of nitrogens with zero attached hydrogens (tertiary/aromatic N) is 2. The van der Waals surface area contributed by atoms with Crippen LogP contribution in [0.1, 0.15) is 26.5 Å². The fraction of sp³-hybridized carbons (Fsp3) is 0.500. The molecule has 3 heteroatoms. The standard InChI is InChI=1S/C10H14N2O/c1-10(2,3)13-8-12-6-4-5-9(12)7-11/h4-6H,8H2,1-3H3. The third-order valence-electron chi connectivity index (χ3n) is 1.58. The largest absolute Gasteiger partial charge is 0.355 e. The van der Waals surface area contributed by atoms with Crippen molar-refractivity contribution in [2.75, 3.05) is 0 Å². The molecule has 0 saturated heterocycles. The van der Waals surface area contributed by atoms with Crippen molar-refractivity contribution >= 4 is 0 Å². The van der Waals surface area contributed by atoms with Crippen molar-refractivity contribution in [1.82, 2.24) is 4.57 Å². The molecule has 0 unspecified atom stereocenters. The third-order valence-corrected chi connectivity index (χ3v) is 1.58. The zero-order chi connectivity index (χ0) is 9.90. The first-order valence-corrected chi connectivity index (χ1v) is 4.22. The van der Waals surface area contributed by atoms with E-state index in [1.54, 1.807) is 10.6 Å². The molecule has 13 heavy (non-hydrogen) atoms. The summed E-state index contributed by atoms with van der Waals surface area (Å²) in [4.78, 5) is 0. The van der Waals surface area contributed by atoms with Gasteiger partial charge in [0.1, 0.15) is 18.5 Å². The number of ether oxygens (including phenoxy) is 1. The van der Waals surface area contributed by atoms with Gasteiger partial charge in [-0.05, 0) is 32.9 Å². The molecule has 0 aromatic carbocycles. The highest BCUT2D eigenvalue weighted by Crippen LogP contribution is 2.09. The normalized spacial score (nSPS) is 11.2. The molecule has 0 amide bonds. The van der Waals surface area contributed by atoms with Gasteiger partial charge in [-0.1, -0.05) is 0 Å². The highest BCUT2D eigenvalue weighted by molar-refractivity contribution is 5.21. The molecule has 1 aromatic heterocycles. The molecule has 0 saturated carbocycles. The number of rotatable bonds is 2. The van der Waals surface area contributed by atoms with Crippen molar-refractivity contribution in [3.8, 4) is 6.07 Å². The lowest BCUT2D eigenvalue weighted by molar-refractivity contribution is -0.0434. The van der Waals surface area contributed by atoms with Crippen LogP contribution in [-0.2, 0) is 11.5 Å². The lowest BCUT2D eigenvalue weighted by Gasteiger charge is -2.20. The van der Waals surface area contributed by atoms with Gasteiger partial charge in [-0.3, -0.25) is 0 Å². The zero-order valence-electron chi connectivity index (χ0n) is 8.24. The van der Waals surface area contributed by atoms with E-state index in [1.165, 1.54) is 0 Å². The van der Waals surface area contributed by atoms with Crippen LogP contribution in [0.5, 0.6) is 0 Å². The third kappa shape index (κ3) is 2.92. The first kappa shape index (κ1) is 9.82. The molecule has 1 heterocycles. The van der Waals surface area contributed by atoms with Crippen LogP contribution in [0.25, 0.3) is 0 Å². The molecule has 0 bridgehead atoms. The van der Waals surface area contributed by atoms with Gasteiger partial charge in [-0.25, -0.2) is 0 Å². The van der Waals surface area contributed by atoms with Gasteiger partial charge in [0.05, 0.1) is 5.60 Å². The molecule has 1 aromatic rings. The average molecular weight is 178 g/mol. The lowest BCUT2D eigenvalue weighted by atomic mass is 10.2. The highest BCUT2D eigenvalue weighted by Gasteiger charge is 2.10. The van der Waals surface area contributed by atoms with E-state index in [0.717, 1.165) is 0 Å². The summed E-state index contributed by atoms with van der Waals surface area (Å²) < 4.78 is 7.31. The Morgan fingerprint density at radius 3 is 2.77 bits per heavy atom. The number of hydrogen-bond acceptors (Lipinski definition) is 2. The van der Waals surface area contributed by atoms with E-state index >= 15 is 0 Å². The van der Waals surface area contributed by atoms with Crippen molar-refractivity contribution in [2.45, 2.75) is 33.1 Å². The Labute approximate surface area is 78.5 Å². The fourth-order valence-electron chi connectivity index (χ4n) is 0.891. The van der Waals surface area contributed by atoms with Crippen LogP contribution in [0.2, 0.25) is 0 Å². The molecule has 0 aliphatic rings. The van der Waals surface area contributed by atoms with E-state index in [0.29, 0.717) is 12.4 Å². The Balaban J connectivity index is 2.61. The molecule has 0 radical (unpaired) electrons. The maximum atomic E-state index is 8.71. The molecule has 0 fully saturated rings. The number of aromatic nitrogens is 1. The zero-order valence-corrected chi connectivity index (χ0v) is 8.24. The van der Waals surface area contributed by atoms with Gasteiger partial charge in [-0.15, -0.1) is 0 Å². The molecule has 0 N–H and O–H groups in total. The molecular weight excluding hydrogens is 164 g/mol. The number of nitriles is 1. The summed E-state index contributed by atoms with van der Waals surface area (Å²) in [6, 6.07) is 5.70. The minimum Gasteiger partial charge on any atom is -0.355 e. The SMILES string of the molecule is CC(C)(C)OCn1cccc1C#N. The van der Waals surface area contributed by atoms with Gasteiger partial charge in [0.2, 0.25) is 0 Å². The second-order valence-corrected chi connectivity index (χ2v) is 3.86. The van der Waals surface area contributed by atoms with E-state index < -0.39 is 0 Å². The van der Waals surface area contributed by atoms with E-state index in [2.05, 4.69) is 6.07 Å². The van der Waals surface area contributed by atoms with Crippen LogP contribution in [-0.4, -0.2) is 10.2 Å². The Bertz CT molecular complexity index is 314. The van der Waals surface area contributed by atoms with Crippen molar-refractivity contribution in [3.63, 3.8) is 0 Å². The predicted molar refractivity (Wildman–Crippen MR) is 50.0 cm³/mol. The van der Waals surface area contributed by atoms with Crippen molar-refractivity contribution < 1.29 is 4.74 Å². The highest BCUT2D eigenvalue weighted by atomic mass is 16.5. The molecule has 0 aliphatic carbocycles. The topological polar surface area (TPSA) is 38.0 Å². The first-order valence-electron chi connectivity index (χ1n) is 4.22. The van der Waals surface area contributed by atoms with Gasteiger partial charge in [-0.2, -0.15) is 5.26 Å². The Morgan fingerprint density at radius 2 is 2.23 bits per heavy atom. The van der Waals surface area contributed by atoms with Crippen LogP contribution in [0.15, 0.2) is 18.3 Å². The molecule has 70 valence electrons. The quantitative estimate of drug-likeness (QED) is 0.695. The molecule has 0 aliphatic heterocycles. The molecule has 0 spiro atoms. The minimum atomic E-state index is -0.170. The summed E-state index contributed by atoms with van der Waals surface area (Å²) in [5.74, 6) is 0. The first-order chi connectivity index (χ1) is 6.03. The van der Waals surface area contributed by atoms with E-state index in [1.807, 2.05) is 33.0 Å². The smallest absolute Gasteiger partial charge is 0.124 e. The maximum absolute atomic E-state index is 8.71. The van der Waals surface area contributed by atoms with Gasteiger partial charge in [0, 0.05) is 6.20 Å². The molecule has 1 rings (SSSR count). The van der Waals surface area contributed by atoms with Crippen LogP contribution < -0.4 is 0 Å². The molecule has 3 nitrogen and oxygen atoms in total. The van der Waals surface area contributed by atoms with Crippen LogP contribution in [0, 0.1) is 11.3 Å². The predicted octanol–water partition coefficient (Wildman–Crippen LogP) is 2.13. The second kappa shape index (κ2) is 3.63. The number of hydrogen-bond donors (Lipinski definition) is 0. The van der Waals surface area contributed by atoms with Gasteiger partial charge in [0.15, 0.2) is 0 Å². The van der Waals surface area contributed by atoms with Crippen molar-refractivity contribution in [1.29, 1.82) is 5.26 Å². The summed E-state index contributed by atoms with van der Waals surface area (Å²) in [6.07, 6.45) is 1.84. The Kier molecular flexibility index (Phi) is 2.74. The van der Waals surface area contributed by atoms with Gasteiger partial charge >= 0.3 is 0 Å². The summed E-state index contributed by atoms with van der Waals surface area (Å²) in [5, 5.41) is 8.71. The summed E-state index contributed by atoms with van der Waals surface area (Å²) in [6.45, 7) is 6.40. The molecular formula is C10H14N2O. The van der Waals surface area contributed by atoms with E-state index in [4.69, 9.17) is 10.00 Å². The Morgan fingerprint density at radius 1 is 1.54 bits per heavy atom. The van der Waals surface area contributed by atoms with Crippen LogP contribution in [0.3, 0.4) is 0 Å². The molecule has 0 atom stereocenters. The fourth-order valence-corrected chi connectivity index (χ4v) is 0.891. The average Bonchev–Trinajstić information content (AvgIpc) is 2.46. The van der Waals surface area contributed by atoms with Crippen LogP contribution >= 0.6 is 0 Å². The van der Waals surface area contributed by atoms with Gasteiger partial charge < -0.3 is 9.30 Å². The van der Waals surface area contributed by atoms with E-state index in [9.17, 15) is 0 Å². The second-order valence-electron chi connectivity index (χ2n) is 3.86. The summed E-state index contributed by atoms with van der Waals surface area (Å²) >= 11 is 0. The lowest BCUT2D eigenvalue weighted by Crippen LogP contribution is -2.21. The van der Waals surface area contributed by atoms with Crippen molar-refractivity contribution in [3.05, 3.63) is 24.0 Å². The van der Waals surface area contributed by atoms with Crippen molar-refractivity contribution in [2.24, 2.45) is 0 Å². The Hall–Kier alpha value is -1.27. The maximum Gasteiger partial charge on any atom is 0.124 e. The summed E-state index contributed by atoms with van der Waals surface area (Å²) in [7, 11) is 0. The minimum absolute atomic E-state index is 0.170. The van der Waals surface area contributed by atoms with E-state index in [-0.39, 0.29) is 5.60 Å². The summed E-state index contributed by atoms with van der Waals surface area (Å²) in [5.41, 5.74) is 0.459. The van der Waals surface area contributed by atoms with Gasteiger partial charge in [0.25, 0.3) is 0 Å².